The van der Waals surface area contributed by atoms with Gasteiger partial charge in [0.1, 0.15) is 17.3 Å². The van der Waals surface area contributed by atoms with Crippen molar-refractivity contribution in [3.8, 4) is 17.2 Å². The molecule has 0 amide bonds. The average molecular weight is 234 g/mol. The van der Waals surface area contributed by atoms with Crippen molar-refractivity contribution in [3.05, 3.63) is 55.0 Å². The van der Waals surface area contributed by atoms with Gasteiger partial charge < -0.3 is 4.98 Å². The van der Waals surface area contributed by atoms with Crippen molar-refractivity contribution >= 4 is 11.0 Å². The molecule has 0 unspecified atom stereocenters. The lowest BCUT2D eigenvalue weighted by Gasteiger charge is -2.10. The summed E-state index contributed by atoms with van der Waals surface area (Å²) < 4.78 is 2.00. The van der Waals surface area contributed by atoms with E-state index in [4.69, 9.17) is 0 Å². The first kappa shape index (κ1) is 9.41. The van der Waals surface area contributed by atoms with E-state index >= 15 is 0 Å². The van der Waals surface area contributed by atoms with E-state index in [1.54, 1.807) is 0 Å². The molecule has 4 heteroatoms. The van der Waals surface area contributed by atoms with Crippen LogP contribution in [0.4, 0.5) is 0 Å². The molecule has 0 bridgehead atoms. The maximum absolute atomic E-state index is 4.60. The van der Waals surface area contributed by atoms with Gasteiger partial charge in [0.05, 0.1) is 0 Å². The molecule has 2 aliphatic rings. The molecule has 0 radical (unpaired) electrons. The van der Waals surface area contributed by atoms with Gasteiger partial charge in [-0.3, -0.25) is 4.57 Å². The van der Waals surface area contributed by atoms with Gasteiger partial charge in [-0.05, 0) is 36.4 Å². The van der Waals surface area contributed by atoms with Gasteiger partial charge in [-0.15, -0.1) is 0 Å². The lowest BCUT2D eigenvalue weighted by Crippen LogP contribution is -2.02. The summed E-state index contributed by atoms with van der Waals surface area (Å²) in [5, 5.41) is 1.11. The second-order valence-electron chi connectivity index (χ2n) is 4.19. The number of hydrogen-bond donors (Lipinski definition) is 1. The van der Waals surface area contributed by atoms with Gasteiger partial charge in [-0.2, -0.15) is 0 Å². The first-order valence-corrected chi connectivity index (χ1v) is 5.78. The van der Waals surface area contributed by atoms with Gasteiger partial charge in [0.25, 0.3) is 0 Å². The number of nitrogens with one attached hydrogen (secondary N) is 1. The number of pyridine rings is 2. The molecule has 2 aromatic heterocycles. The molecule has 0 atom stereocenters. The monoisotopic (exact) mass is 234 g/mol. The van der Waals surface area contributed by atoms with Crippen molar-refractivity contribution in [1.82, 2.24) is 19.5 Å². The topological polar surface area (TPSA) is 46.5 Å². The molecule has 18 heavy (non-hydrogen) atoms. The number of hydrogen-bond acceptors (Lipinski definition) is 2. The largest absolute Gasteiger partial charge is 0.346 e. The fourth-order valence-corrected chi connectivity index (χ4v) is 2.21. The van der Waals surface area contributed by atoms with Crippen LogP contribution in [0.15, 0.2) is 55.0 Å². The van der Waals surface area contributed by atoms with Gasteiger partial charge >= 0.3 is 0 Å². The fraction of sp³-hybridized carbons (Fsp3) is 0. The zero-order valence-corrected chi connectivity index (χ0v) is 9.54. The number of nitrogens with zero attached hydrogens (tertiary/aromatic N) is 3. The van der Waals surface area contributed by atoms with E-state index in [0.29, 0.717) is 0 Å². The second kappa shape index (κ2) is 3.43. The molecule has 0 fully saturated rings. The van der Waals surface area contributed by atoms with Crippen LogP contribution in [0.25, 0.3) is 28.2 Å². The smallest absolute Gasteiger partial charge is 0.145 e. The van der Waals surface area contributed by atoms with E-state index in [1.165, 1.54) is 0 Å². The highest BCUT2D eigenvalue weighted by atomic mass is 15.1. The van der Waals surface area contributed by atoms with Crippen molar-refractivity contribution in [1.29, 1.82) is 0 Å². The number of aromatic nitrogens is 4. The molecule has 0 spiro atoms. The summed E-state index contributed by atoms with van der Waals surface area (Å²) >= 11 is 0. The molecule has 0 aliphatic carbocycles. The maximum atomic E-state index is 4.60. The average Bonchev–Trinajstić information content (AvgIpc) is 3.05. The molecular formula is C14H10N4. The lowest BCUT2D eigenvalue weighted by atomic mass is 10.2. The van der Waals surface area contributed by atoms with Crippen LogP contribution >= 0.6 is 0 Å². The van der Waals surface area contributed by atoms with Crippen LogP contribution in [-0.2, 0) is 0 Å². The first-order valence-electron chi connectivity index (χ1n) is 5.78. The molecule has 4 nitrogen and oxygen atoms in total. The molecule has 2 aliphatic heterocycles. The predicted octanol–water partition coefficient (Wildman–Crippen LogP) is 2.85. The Morgan fingerprint density at radius 2 is 2.06 bits per heavy atom. The highest BCUT2D eigenvalue weighted by molar-refractivity contribution is 5.76. The number of H-pyrrole nitrogens is 1. The quantitative estimate of drug-likeness (QED) is 0.550. The molecular weight excluding hydrogens is 224 g/mol. The van der Waals surface area contributed by atoms with Gasteiger partial charge in [0, 0.05) is 29.5 Å². The maximum Gasteiger partial charge on any atom is 0.145 e. The second-order valence-corrected chi connectivity index (χ2v) is 4.19. The minimum Gasteiger partial charge on any atom is -0.346 e. The molecule has 4 heterocycles. The van der Waals surface area contributed by atoms with Crippen molar-refractivity contribution in [2.24, 2.45) is 0 Å². The van der Waals surface area contributed by atoms with Crippen LogP contribution in [-0.4, -0.2) is 19.5 Å². The summed E-state index contributed by atoms with van der Waals surface area (Å²) in [7, 11) is 0. The zero-order chi connectivity index (χ0) is 11.9. The van der Waals surface area contributed by atoms with Crippen LogP contribution in [0, 0.1) is 0 Å². The molecule has 86 valence electrons. The Kier molecular flexibility index (Phi) is 1.80. The lowest BCUT2D eigenvalue weighted by molar-refractivity contribution is 0.974. The Labute approximate surface area is 103 Å². The first-order chi connectivity index (χ1) is 8.92. The third-order valence-electron chi connectivity index (χ3n) is 3.09. The van der Waals surface area contributed by atoms with Gasteiger partial charge in [-0.1, -0.05) is 0 Å². The van der Waals surface area contributed by atoms with Crippen molar-refractivity contribution in [3.63, 3.8) is 0 Å². The molecule has 1 N–H and O–H groups in total. The van der Waals surface area contributed by atoms with Crippen molar-refractivity contribution < 1.29 is 0 Å². The van der Waals surface area contributed by atoms with Crippen LogP contribution in [0.3, 0.4) is 0 Å². The molecule has 0 saturated heterocycles. The fourth-order valence-electron chi connectivity index (χ4n) is 2.21. The Hall–Kier alpha value is -2.62. The molecule has 2 aromatic rings. The number of fused-ring (bicyclic) bond motifs is 2. The Morgan fingerprint density at radius 3 is 3.06 bits per heavy atom. The van der Waals surface area contributed by atoms with Crippen LogP contribution < -0.4 is 0 Å². The zero-order valence-electron chi connectivity index (χ0n) is 9.54. The van der Waals surface area contributed by atoms with Gasteiger partial charge in [0.2, 0.25) is 0 Å². The summed E-state index contributed by atoms with van der Waals surface area (Å²) in [5.41, 5.74) is 2.01. The van der Waals surface area contributed by atoms with Crippen LogP contribution in [0.2, 0.25) is 0 Å². The van der Waals surface area contributed by atoms with E-state index in [2.05, 4.69) is 21.0 Å². The number of rotatable bonds is 1. The van der Waals surface area contributed by atoms with Crippen LogP contribution in [0.5, 0.6) is 0 Å². The highest BCUT2D eigenvalue weighted by Gasteiger charge is 2.10. The van der Waals surface area contributed by atoms with Gasteiger partial charge in [-0.25, -0.2) is 9.97 Å². The summed E-state index contributed by atoms with van der Waals surface area (Å²) in [6.45, 7) is 0. The Balaban J connectivity index is 1.99. The predicted molar refractivity (Wildman–Crippen MR) is 69.8 cm³/mol. The highest BCUT2D eigenvalue weighted by Crippen LogP contribution is 2.23. The number of aromatic amines is 1. The third kappa shape index (κ3) is 1.26. The SMILES string of the molecule is c1cc2ccnc-2n(-c2ccc3cc[nH]c3n2)c1. The minimum absolute atomic E-state index is 0.870. The normalized spacial score (nSPS) is 11.3. The minimum atomic E-state index is 0.870. The standard InChI is InChI=1S/C14H10N4/c1-2-11-6-8-16-14(11)18(9-1)12-4-3-10-5-7-15-13(10)17-12/h1-9H,(H,15,17). The van der Waals surface area contributed by atoms with E-state index in [9.17, 15) is 0 Å². The summed E-state index contributed by atoms with van der Waals surface area (Å²) in [5.74, 6) is 1.80. The van der Waals surface area contributed by atoms with E-state index < -0.39 is 0 Å². The van der Waals surface area contributed by atoms with Crippen molar-refractivity contribution in [2.75, 3.05) is 0 Å². The summed E-state index contributed by atoms with van der Waals surface area (Å²) in [6.07, 6.45) is 5.69. The molecule has 0 saturated carbocycles. The van der Waals surface area contributed by atoms with Gasteiger partial charge in [0.15, 0.2) is 0 Å². The Morgan fingerprint density at radius 1 is 1.06 bits per heavy atom. The summed E-state index contributed by atoms with van der Waals surface area (Å²) in [6, 6.07) is 12.1. The molecule has 4 rings (SSSR count). The molecule has 0 aromatic carbocycles. The van der Waals surface area contributed by atoms with E-state index in [-0.39, 0.29) is 0 Å². The van der Waals surface area contributed by atoms with Crippen molar-refractivity contribution in [2.45, 2.75) is 0 Å². The third-order valence-corrected chi connectivity index (χ3v) is 3.09. The van der Waals surface area contributed by atoms with E-state index in [0.717, 1.165) is 28.2 Å². The Bertz CT molecular complexity index is 796. The van der Waals surface area contributed by atoms with Crippen LogP contribution in [0.1, 0.15) is 0 Å². The van der Waals surface area contributed by atoms with E-state index in [1.807, 2.05) is 53.5 Å². The summed E-state index contributed by atoms with van der Waals surface area (Å²) in [4.78, 5) is 12.1.